The van der Waals surface area contributed by atoms with Gasteiger partial charge in [0.2, 0.25) is 0 Å². The third-order valence-corrected chi connectivity index (χ3v) is 4.17. The van der Waals surface area contributed by atoms with Crippen LogP contribution in [0.5, 0.6) is 11.5 Å². The lowest BCUT2D eigenvalue weighted by atomic mass is 10.0. The zero-order chi connectivity index (χ0) is 18.7. The number of ketones is 1. The Morgan fingerprint density at radius 1 is 0.808 bits per heavy atom. The van der Waals surface area contributed by atoms with E-state index in [0.717, 1.165) is 0 Å². The van der Waals surface area contributed by atoms with E-state index in [2.05, 4.69) is 0 Å². The molecule has 3 nitrogen and oxygen atoms in total. The van der Waals surface area contributed by atoms with Gasteiger partial charge in [0.05, 0.1) is 16.1 Å². The van der Waals surface area contributed by atoms with Gasteiger partial charge in [-0.25, -0.2) is 4.39 Å². The quantitative estimate of drug-likeness (QED) is 0.404. The monoisotopic (exact) mass is 388 g/mol. The zero-order valence-electron chi connectivity index (χ0n) is 13.2. The number of hydrogen-bond acceptors (Lipinski definition) is 3. The Hall–Kier alpha value is -2.69. The highest BCUT2D eigenvalue weighted by Crippen LogP contribution is 2.33. The first-order valence-corrected chi connectivity index (χ1v) is 8.29. The van der Waals surface area contributed by atoms with Crippen molar-refractivity contribution in [3.05, 3.63) is 94.3 Å². The van der Waals surface area contributed by atoms with Crippen LogP contribution in [0.1, 0.15) is 26.3 Å². The van der Waals surface area contributed by atoms with E-state index in [1.165, 1.54) is 24.3 Å². The molecule has 0 radical (unpaired) electrons. The van der Waals surface area contributed by atoms with Crippen LogP contribution in [0.4, 0.5) is 4.39 Å². The third-order valence-electron chi connectivity index (χ3n) is 3.64. The molecule has 6 heteroatoms. The minimum Gasteiger partial charge on any atom is -0.453 e. The second-order valence-corrected chi connectivity index (χ2v) is 6.05. The van der Waals surface area contributed by atoms with Crippen molar-refractivity contribution in [3.63, 3.8) is 0 Å². The van der Waals surface area contributed by atoms with E-state index in [4.69, 9.17) is 27.9 Å². The predicted molar refractivity (Wildman–Crippen MR) is 98.0 cm³/mol. The van der Waals surface area contributed by atoms with Crippen LogP contribution in [-0.4, -0.2) is 11.0 Å². The molecule has 0 aromatic heterocycles. The number of halogens is 3. The maximum absolute atomic E-state index is 15.0. The van der Waals surface area contributed by atoms with Gasteiger partial charge in [0.1, 0.15) is 5.75 Å². The molecule has 3 aromatic carbocycles. The lowest BCUT2D eigenvalue weighted by molar-refractivity contribution is 0.103. The lowest BCUT2D eigenvalue weighted by Gasteiger charge is -2.13. The standard InChI is InChI=1S/C20H11Cl2FO3/c21-16-9-5-4-8-13(16)18(24)14-10-11-15(20(22)25)19(17(14)23)26-12-6-2-1-3-7-12/h1-11H. The minimum atomic E-state index is -0.981. The van der Waals surface area contributed by atoms with Gasteiger partial charge in [0.15, 0.2) is 17.3 Å². The van der Waals surface area contributed by atoms with Gasteiger partial charge in [-0.2, -0.15) is 0 Å². The second-order valence-electron chi connectivity index (χ2n) is 5.30. The molecular weight excluding hydrogens is 378 g/mol. The average Bonchev–Trinajstić information content (AvgIpc) is 2.64. The molecular formula is C20H11Cl2FO3. The molecule has 0 aliphatic carbocycles. The van der Waals surface area contributed by atoms with E-state index in [9.17, 15) is 9.59 Å². The van der Waals surface area contributed by atoms with Crippen molar-refractivity contribution in [2.45, 2.75) is 0 Å². The number of carbonyl (C=O) groups is 2. The number of rotatable bonds is 5. The van der Waals surface area contributed by atoms with Crippen molar-refractivity contribution in [1.29, 1.82) is 0 Å². The molecule has 0 amide bonds. The first kappa shape index (κ1) is 18.1. The number of hydrogen-bond donors (Lipinski definition) is 0. The van der Waals surface area contributed by atoms with Crippen molar-refractivity contribution in [3.8, 4) is 11.5 Å². The fraction of sp³-hybridized carbons (Fsp3) is 0. The van der Waals surface area contributed by atoms with Crippen molar-refractivity contribution < 1.29 is 18.7 Å². The molecule has 0 unspecified atom stereocenters. The largest absolute Gasteiger partial charge is 0.453 e. The van der Waals surface area contributed by atoms with Gasteiger partial charge in [0.25, 0.3) is 5.24 Å². The molecule has 0 saturated heterocycles. The van der Waals surface area contributed by atoms with Gasteiger partial charge >= 0.3 is 0 Å². The summed E-state index contributed by atoms with van der Waals surface area (Å²) in [7, 11) is 0. The lowest BCUT2D eigenvalue weighted by Crippen LogP contribution is -2.08. The maximum atomic E-state index is 15.0. The molecule has 0 heterocycles. The Bertz CT molecular complexity index is 988. The molecule has 0 N–H and O–H groups in total. The fourth-order valence-corrected chi connectivity index (χ4v) is 2.75. The van der Waals surface area contributed by atoms with Gasteiger partial charge in [-0.1, -0.05) is 41.9 Å². The number of carbonyl (C=O) groups excluding carboxylic acids is 2. The van der Waals surface area contributed by atoms with Crippen molar-refractivity contribution >= 4 is 34.2 Å². The summed E-state index contributed by atoms with van der Waals surface area (Å²) < 4.78 is 20.5. The van der Waals surface area contributed by atoms with E-state index in [1.54, 1.807) is 42.5 Å². The summed E-state index contributed by atoms with van der Waals surface area (Å²) in [6.45, 7) is 0. The molecule has 26 heavy (non-hydrogen) atoms. The summed E-state index contributed by atoms with van der Waals surface area (Å²) in [4.78, 5) is 24.3. The molecule has 0 bridgehead atoms. The van der Waals surface area contributed by atoms with Crippen molar-refractivity contribution in [2.24, 2.45) is 0 Å². The van der Waals surface area contributed by atoms with E-state index >= 15 is 4.39 Å². The highest BCUT2D eigenvalue weighted by atomic mass is 35.5. The second kappa shape index (κ2) is 7.68. The summed E-state index contributed by atoms with van der Waals surface area (Å²) in [5.74, 6) is -1.72. The molecule has 0 aliphatic heterocycles. The highest BCUT2D eigenvalue weighted by molar-refractivity contribution is 6.68. The van der Waals surface area contributed by atoms with Crippen LogP contribution < -0.4 is 4.74 Å². The summed E-state index contributed by atoms with van der Waals surface area (Å²) in [6.07, 6.45) is 0. The number of ether oxygens (including phenoxy) is 1. The average molecular weight is 389 g/mol. The molecule has 3 aromatic rings. The van der Waals surface area contributed by atoms with Crippen molar-refractivity contribution in [2.75, 3.05) is 0 Å². The SMILES string of the molecule is O=C(c1ccccc1Cl)c1ccc(C(=O)Cl)c(Oc2ccccc2)c1F. The summed E-state index contributed by atoms with van der Waals surface area (Å²) in [5, 5.41) is -0.702. The molecule has 0 saturated carbocycles. The van der Waals surface area contributed by atoms with Gasteiger partial charge in [-0.05, 0) is 48.0 Å². The Kier molecular flexibility index (Phi) is 5.35. The molecule has 0 aliphatic rings. The van der Waals surface area contributed by atoms with Crippen LogP contribution in [0.15, 0.2) is 66.7 Å². The van der Waals surface area contributed by atoms with Crippen LogP contribution in [0, 0.1) is 5.82 Å². The molecule has 130 valence electrons. The summed E-state index contributed by atoms with van der Waals surface area (Å²) >= 11 is 11.6. The maximum Gasteiger partial charge on any atom is 0.256 e. The van der Waals surface area contributed by atoms with Gasteiger partial charge < -0.3 is 4.74 Å². The zero-order valence-corrected chi connectivity index (χ0v) is 14.7. The first-order valence-electron chi connectivity index (χ1n) is 7.53. The normalized spacial score (nSPS) is 10.4. The summed E-state index contributed by atoms with van der Waals surface area (Å²) in [6, 6.07) is 17.1. The Labute approximate surface area is 158 Å². The third kappa shape index (κ3) is 3.62. The topological polar surface area (TPSA) is 43.4 Å². The van der Waals surface area contributed by atoms with E-state index < -0.39 is 22.6 Å². The van der Waals surface area contributed by atoms with Gasteiger partial charge in [-0.15, -0.1) is 0 Å². The van der Waals surface area contributed by atoms with Crippen LogP contribution in [-0.2, 0) is 0 Å². The Morgan fingerprint density at radius 2 is 1.42 bits per heavy atom. The van der Waals surface area contributed by atoms with E-state index in [0.29, 0.717) is 5.75 Å². The first-order chi connectivity index (χ1) is 12.5. The Morgan fingerprint density at radius 3 is 2.08 bits per heavy atom. The highest BCUT2D eigenvalue weighted by Gasteiger charge is 2.24. The number of benzene rings is 3. The summed E-state index contributed by atoms with van der Waals surface area (Å²) in [5.41, 5.74) is -0.307. The molecule has 0 fully saturated rings. The van der Waals surface area contributed by atoms with Crippen LogP contribution in [0.3, 0.4) is 0 Å². The minimum absolute atomic E-state index is 0.142. The van der Waals surface area contributed by atoms with Crippen LogP contribution >= 0.6 is 23.2 Å². The Balaban J connectivity index is 2.11. The predicted octanol–water partition coefficient (Wildman–Crippen LogP) is 5.88. The number of para-hydroxylation sites is 1. The van der Waals surface area contributed by atoms with Gasteiger partial charge in [-0.3, -0.25) is 9.59 Å². The van der Waals surface area contributed by atoms with Crippen molar-refractivity contribution in [1.82, 2.24) is 0 Å². The van der Waals surface area contributed by atoms with E-state index in [-0.39, 0.29) is 21.7 Å². The van der Waals surface area contributed by atoms with Gasteiger partial charge in [0, 0.05) is 5.56 Å². The van der Waals surface area contributed by atoms with E-state index in [1.807, 2.05) is 0 Å². The fourth-order valence-electron chi connectivity index (χ4n) is 2.38. The molecule has 0 atom stereocenters. The van der Waals surface area contributed by atoms with Crippen LogP contribution in [0.2, 0.25) is 5.02 Å². The van der Waals surface area contributed by atoms with Crippen LogP contribution in [0.25, 0.3) is 0 Å². The molecule has 3 rings (SSSR count). The smallest absolute Gasteiger partial charge is 0.256 e. The molecule has 0 spiro atoms.